The van der Waals surface area contributed by atoms with Gasteiger partial charge in [0.2, 0.25) is 0 Å². The molecule has 1 heterocycles. The molecule has 0 aliphatic rings. The van der Waals surface area contributed by atoms with Crippen LogP contribution < -0.4 is 5.32 Å². The van der Waals surface area contributed by atoms with Crippen LogP contribution in [-0.2, 0) is 7.05 Å². The number of carbonyl (C=O) groups excluding carboxylic acids is 1. The average Bonchev–Trinajstić information content (AvgIpc) is 2.70. The van der Waals surface area contributed by atoms with Crippen LogP contribution >= 0.6 is 0 Å². The summed E-state index contributed by atoms with van der Waals surface area (Å²) >= 11 is 0. The number of carboxylic acid groups (broad SMARTS) is 1. The molecule has 0 aliphatic carbocycles. The summed E-state index contributed by atoms with van der Waals surface area (Å²) in [6.45, 7) is 1.92. The van der Waals surface area contributed by atoms with Crippen molar-refractivity contribution in [3.05, 3.63) is 53.3 Å². The largest absolute Gasteiger partial charge is 0.478 e. The maximum atomic E-state index is 12.0. The van der Waals surface area contributed by atoms with Gasteiger partial charge in [0.1, 0.15) is 5.69 Å². The maximum Gasteiger partial charge on any atom is 0.335 e. The number of hydrogen-bond acceptors (Lipinski definition) is 2. The molecule has 5 nitrogen and oxygen atoms in total. The van der Waals surface area contributed by atoms with Crippen LogP contribution in [-0.4, -0.2) is 21.6 Å². The second-order valence-electron chi connectivity index (χ2n) is 4.26. The summed E-state index contributed by atoms with van der Waals surface area (Å²) < 4.78 is 1.79. The molecule has 1 aromatic carbocycles. The van der Waals surface area contributed by atoms with Gasteiger partial charge in [-0.1, -0.05) is 0 Å². The molecule has 0 fully saturated rings. The molecule has 1 aromatic heterocycles. The van der Waals surface area contributed by atoms with E-state index in [9.17, 15) is 9.59 Å². The average molecular weight is 258 g/mol. The van der Waals surface area contributed by atoms with Gasteiger partial charge in [0.15, 0.2) is 0 Å². The number of carbonyl (C=O) groups is 2. The van der Waals surface area contributed by atoms with Crippen molar-refractivity contribution in [1.29, 1.82) is 0 Å². The highest BCUT2D eigenvalue weighted by Gasteiger charge is 2.11. The van der Waals surface area contributed by atoms with Crippen LogP contribution in [0.5, 0.6) is 0 Å². The SMILES string of the molecule is Cc1ccc(C(=O)Nc2ccc(C(=O)O)cc2)n1C. The zero-order valence-electron chi connectivity index (χ0n) is 10.7. The fraction of sp³-hybridized carbons (Fsp3) is 0.143. The van der Waals surface area contributed by atoms with Crippen molar-refractivity contribution < 1.29 is 14.7 Å². The van der Waals surface area contributed by atoms with Crippen LogP contribution in [0.2, 0.25) is 0 Å². The van der Waals surface area contributed by atoms with Crippen LogP contribution in [0.25, 0.3) is 0 Å². The molecule has 1 amide bonds. The summed E-state index contributed by atoms with van der Waals surface area (Å²) in [5, 5.41) is 11.5. The normalized spacial score (nSPS) is 10.2. The molecule has 5 heteroatoms. The number of rotatable bonds is 3. The molecule has 0 saturated carbocycles. The van der Waals surface area contributed by atoms with Crippen LogP contribution in [0.4, 0.5) is 5.69 Å². The third-order valence-corrected chi connectivity index (χ3v) is 3.00. The number of aromatic nitrogens is 1. The first kappa shape index (κ1) is 12.9. The van der Waals surface area contributed by atoms with Crippen molar-refractivity contribution in [3.8, 4) is 0 Å². The summed E-state index contributed by atoms with van der Waals surface area (Å²) in [4.78, 5) is 22.7. The van der Waals surface area contributed by atoms with Gasteiger partial charge in [0.25, 0.3) is 5.91 Å². The number of carboxylic acids is 1. The monoisotopic (exact) mass is 258 g/mol. The minimum Gasteiger partial charge on any atom is -0.478 e. The number of nitrogens with one attached hydrogen (secondary N) is 1. The van der Waals surface area contributed by atoms with Gasteiger partial charge in [-0.25, -0.2) is 4.79 Å². The topological polar surface area (TPSA) is 71.3 Å². The molecule has 0 aliphatic heterocycles. The number of amides is 1. The number of benzene rings is 1. The predicted molar refractivity (Wildman–Crippen MR) is 71.5 cm³/mol. The Bertz CT molecular complexity index is 627. The molecule has 0 spiro atoms. The van der Waals surface area contributed by atoms with Crippen molar-refractivity contribution in [2.45, 2.75) is 6.92 Å². The Kier molecular flexibility index (Phi) is 3.37. The standard InChI is InChI=1S/C14H14N2O3/c1-9-3-8-12(16(9)2)13(17)15-11-6-4-10(5-7-11)14(18)19/h3-8H,1-2H3,(H,15,17)(H,18,19). The lowest BCUT2D eigenvalue weighted by molar-refractivity contribution is 0.0696. The Labute approximate surface area is 110 Å². The molecule has 0 unspecified atom stereocenters. The molecule has 0 bridgehead atoms. The van der Waals surface area contributed by atoms with Gasteiger partial charge in [0.05, 0.1) is 5.56 Å². The van der Waals surface area contributed by atoms with E-state index in [1.165, 1.54) is 12.1 Å². The Morgan fingerprint density at radius 1 is 1.11 bits per heavy atom. The number of aromatic carboxylic acids is 1. The van der Waals surface area contributed by atoms with Crippen molar-refractivity contribution in [2.75, 3.05) is 5.32 Å². The Hall–Kier alpha value is -2.56. The van der Waals surface area contributed by atoms with Gasteiger partial charge in [-0.2, -0.15) is 0 Å². The van der Waals surface area contributed by atoms with Crippen LogP contribution in [0.3, 0.4) is 0 Å². The van der Waals surface area contributed by atoms with Crippen molar-refractivity contribution in [1.82, 2.24) is 4.57 Å². The third kappa shape index (κ3) is 2.65. The Balaban J connectivity index is 2.15. The summed E-state index contributed by atoms with van der Waals surface area (Å²) in [7, 11) is 1.82. The van der Waals surface area contributed by atoms with Gasteiger partial charge in [-0.15, -0.1) is 0 Å². The second kappa shape index (κ2) is 4.97. The van der Waals surface area contributed by atoms with Crippen LogP contribution in [0.15, 0.2) is 36.4 Å². The van der Waals surface area contributed by atoms with E-state index in [0.29, 0.717) is 11.4 Å². The lowest BCUT2D eigenvalue weighted by atomic mass is 10.2. The first-order chi connectivity index (χ1) is 8.99. The van der Waals surface area contributed by atoms with E-state index in [1.54, 1.807) is 22.8 Å². The fourth-order valence-electron chi connectivity index (χ4n) is 1.73. The third-order valence-electron chi connectivity index (χ3n) is 3.00. The summed E-state index contributed by atoms with van der Waals surface area (Å²) in [5.74, 6) is -1.21. The number of anilines is 1. The zero-order valence-corrected chi connectivity index (χ0v) is 10.7. The maximum absolute atomic E-state index is 12.0. The molecule has 98 valence electrons. The minimum atomic E-state index is -0.990. The predicted octanol–water partition coefficient (Wildman–Crippen LogP) is 2.28. The molecule has 2 N–H and O–H groups in total. The lowest BCUT2D eigenvalue weighted by Gasteiger charge is -2.07. The van der Waals surface area contributed by atoms with E-state index >= 15 is 0 Å². The summed E-state index contributed by atoms with van der Waals surface area (Å²) in [6.07, 6.45) is 0. The van der Waals surface area contributed by atoms with Gasteiger partial charge in [-0.3, -0.25) is 4.79 Å². The molecular weight excluding hydrogens is 244 g/mol. The van der Waals surface area contributed by atoms with Crippen LogP contribution in [0.1, 0.15) is 26.5 Å². The number of aryl methyl sites for hydroxylation is 1. The molecule has 19 heavy (non-hydrogen) atoms. The van der Waals surface area contributed by atoms with Gasteiger partial charge in [-0.05, 0) is 43.3 Å². The van der Waals surface area contributed by atoms with Gasteiger partial charge in [0, 0.05) is 18.4 Å². The fourth-order valence-corrected chi connectivity index (χ4v) is 1.73. The van der Waals surface area contributed by atoms with E-state index < -0.39 is 5.97 Å². The molecular formula is C14H14N2O3. The zero-order chi connectivity index (χ0) is 14.0. The summed E-state index contributed by atoms with van der Waals surface area (Å²) in [5.41, 5.74) is 2.30. The van der Waals surface area contributed by atoms with Crippen molar-refractivity contribution >= 4 is 17.6 Å². The Morgan fingerprint density at radius 2 is 1.74 bits per heavy atom. The Morgan fingerprint density at radius 3 is 2.21 bits per heavy atom. The highest BCUT2D eigenvalue weighted by atomic mass is 16.4. The molecule has 0 radical (unpaired) electrons. The highest BCUT2D eigenvalue weighted by molar-refractivity contribution is 6.03. The molecule has 0 saturated heterocycles. The van der Waals surface area contributed by atoms with Crippen LogP contribution in [0, 0.1) is 6.92 Å². The highest BCUT2D eigenvalue weighted by Crippen LogP contribution is 2.12. The molecule has 2 rings (SSSR count). The van der Waals surface area contributed by atoms with Gasteiger partial charge < -0.3 is 15.0 Å². The minimum absolute atomic E-state index is 0.188. The van der Waals surface area contributed by atoms with Gasteiger partial charge >= 0.3 is 5.97 Å². The van der Waals surface area contributed by atoms with E-state index in [0.717, 1.165) is 5.69 Å². The van der Waals surface area contributed by atoms with E-state index in [-0.39, 0.29) is 11.5 Å². The van der Waals surface area contributed by atoms with Crippen molar-refractivity contribution in [2.24, 2.45) is 7.05 Å². The number of hydrogen-bond donors (Lipinski definition) is 2. The van der Waals surface area contributed by atoms with Crippen molar-refractivity contribution in [3.63, 3.8) is 0 Å². The summed E-state index contributed by atoms with van der Waals surface area (Å²) in [6, 6.07) is 9.65. The first-order valence-electron chi connectivity index (χ1n) is 5.76. The quantitative estimate of drug-likeness (QED) is 0.887. The van der Waals surface area contributed by atoms with E-state index in [2.05, 4.69) is 5.32 Å². The van der Waals surface area contributed by atoms with E-state index in [4.69, 9.17) is 5.11 Å². The molecule has 2 aromatic rings. The smallest absolute Gasteiger partial charge is 0.335 e. The first-order valence-corrected chi connectivity index (χ1v) is 5.76. The lowest BCUT2D eigenvalue weighted by Crippen LogP contribution is -2.16. The number of nitrogens with zero attached hydrogens (tertiary/aromatic N) is 1. The molecule has 0 atom stereocenters. The second-order valence-corrected chi connectivity index (χ2v) is 4.26. The van der Waals surface area contributed by atoms with E-state index in [1.807, 2.05) is 20.0 Å².